The fourth-order valence-corrected chi connectivity index (χ4v) is 2.33. The number of rotatable bonds is 4. The van der Waals surface area contributed by atoms with Crippen molar-refractivity contribution in [2.45, 2.75) is 6.61 Å². The van der Waals surface area contributed by atoms with Crippen molar-refractivity contribution < 1.29 is 23.0 Å². The van der Waals surface area contributed by atoms with Crippen LogP contribution < -0.4 is 10.5 Å². The Balaban J connectivity index is 2.06. The number of aromatic hydroxyl groups is 1. The van der Waals surface area contributed by atoms with Gasteiger partial charge in [0.05, 0.1) is 5.56 Å². The molecule has 2 aromatic carbocycles. The standard InChI is InChI=1S/C17H13F2NO3/c18-17(19)22-12-8-4-7-11(9-12)13-14(21)15(23-16(13)20)10-5-2-1-3-6-10/h1-9,17,21H,20H2. The van der Waals surface area contributed by atoms with Gasteiger partial charge in [-0.25, -0.2) is 0 Å². The molecule has 0 spiro atoms. The van der Waals surface area contributed by atoms with Crippen molar-refractivity contribution in [3.05, 3.63) is 54.6 Å². The van der Waals surface area contributed by atoms with E-state index in [9.17, 15) is 13.9 Å². The number of hydrogen-bond donors (Lipinski definition) is 2. The van der Waals surface area contributed by atoms with Crippen molar-refractivity contribution in [1.82, 2.24) is 0 Å². The van der Waals surface area contributed by atoms with Gasteiger partial charge in [-0.05, 0) is 17.7 Å². The average Bonchev–Trinajstić information content (AvgIpc) is 2.82. The van der Waals surface area contributed by atoms with Crippen molar-refractivity contribution in [3.8, 4) is 33.9 Å². The van der Waals surface area contributed by atoms with Gasteiger partial charge in [0.1, 0.15) is 5.75 Å². The predicted octanol–water partition coefficient (Wildman–Crippen LogP) is 4.50. The summed E-state index contributed by atoms with van der Waals surface area (Å²) in [5.41, 5.74) is 7.16. The lowest BCUT2D eigenvalue weighted by molar-refractivity contribution is -0.0498. The molecule has 0 saturated heterocycles. The number of alkyl halides is 2. The SMILES string of the molecule is Nc1oc(-c2ccccc2)c(O)c1-c1cccc(OC(F)F)c1. The van der Waals surface area contributed by atoms with E-state index in [0.29, 0.717) is 11.1 Å². The highest BCUT2D eigenvalue weighted by Gasteiger charge is 2.21. The van der Waals surface area contributed by atoms with Gasteiger partial charge in [0.25, 0.3) is 0 Å². The number of halogens is 2. The lowest BCUT2D eigenvalue weighted by Gasteiger charge is -2.06. The molecule has 118 valence electrons. The second-order valence-electron chi connectivity index (χ2n) is 4.79. The number of nitrogens with two attached hydrogens (primary N) is 1. The van der Waals surface area contributed by atoms with Gasteiger partial charge in [0.15, 0.2) is 11.5 Å². The fourth-order valence-electron chi connectivity index (χ4n) is 2.33. The first-order chi connectivity index (χ1) is 11.1. The van der Waals surface area contributed by atoms with Gasteiger partial charge in [-0.15, -0.1) is 0 Å². The van der Waals surface area contributed by atoms with Crippen LogP contribution in [0.5, 0.6) is 11.5 Å². The summed E-state index contributed by atoms with van der Waals surface area (Å²) < 4.78 is 34.5. The van der Waals surface area contributed by atoms with Crippen LogP contribution >= 0.6 is 0 Å². The Bertz CT molecular complexity index is 816. The summed E-state index contributed by atoms with van der Waals surface area (Å²) in [6.45, 7) is -2.93. The van der Waals surface area contributed by atoms with Gasteiger partial charge in [0, 0.05) is 5.56 Å². The first kappa shape index (κ1) is 14.9. The largest absolute Gasteiger partial charge is 0.504 e. The minimum atomic E-state index is -2.93. The Morgan fingerprint density at radius 3 is 2.39 bits per heavy atom. The summed E-state index contributed by atoms with van der Waals surface area (Å²) in [6, 6.07) is 14.8. The lowest BCUT2D eigenvalue weighted by Crippen LogP contribution is -2.01. The molecule has 0 aliphatic rings. The fraction of sp³-hybridized carbons (Fsp3) is 0.0588. The molecular weight excluding hydrogens is 304 g/mol. The highest BCUT2D eigenvalue weighted by atomic mass is 19.3. The molecule has 0 amide bonds. The molecule has 1 aromatic heterocycles. The number of benzene rings is 2. The zero-order valence-corrected chi connectivity index (χ0v) is 11.9. The van der Waals surface area contributed by atoms with E-state index in [4.69, 9.17) is 10.2 Å². The quantitative estimate of drug-likeness (QED) is 0.743. The summed E-state index contributed by atoms with van der Waals surface area (Å²) in [5, 5.41) is 10.4. The van der Waals surface area contributed by atoms with E-state index >= 15 is 0 Å². The molecule has 0 atom stereocenters. The van der Waals surface area contributed by atoms with E-state index in [2.05, 4.69) is 4.74 Å². The van der Waals surface area contributed by atoms with Crippen molar-refractivity contribution in [2.75, 3.05) is 5.73 Å². The number of hydrogen-bond acceptors (Lipinski definition) is 4. The number of ether oxygens (including phenoxy) is 1. The maximum absolute atomic E-state index is 12.3. The molecule has 0 fully saturated rings. The van der Waals surface area contributed by atoms with Crippen LogP contribution in [0.1, 0.15) is 0 Å². The predicted molar refractivity (Wildman–Crippen MR) is 82.3 cm³/mol. The van der Waals surface area contributed by atoms with Crippen molar-refractivity contribution in [1.29, 1.82) is 0 Å². The molecule has 23 heavy (non-hydrogen) atoms. The van der Waals surface area contributed by atoms with E-state index in [1.807, 2.05) is 6.07 Å². The van der Waals surface area contributed by atoms with Gasteiger partial charge in [-0.3, -0.25) is 0 Å². The monoisotopic (exact) mass is 317 g/mol. The maximum Gasteiger partial charge on any atom is 0.387 e. The molecule has 0 radical (unpaired) electrons. The normalized spacial score (nSPS) is 10.9. The topological polar surface area (TPSA) is 68.6 Å². The zero-order valence-electron chi connectivity index (χ0n) is 11.9. The molecule has 0 bridgehead atoms. The van der Waals surface area contributed by atoms with E-state index in [1.54, 1.807) is 30.3 Å². The molecule has 4 nitrogen and oxygen atoms in total. The van der Waals surface area contributed by atoms with Gasteiger partial charge < -0.3 is 20.0 Å². The third-order valence-corrected chi connectivity index (χ3v) is 3.29. The highest BCUT2D eigenvalue weighted by Crippen LogP contribution is 2.45. The maximum atomic E-state index is 12.3. The Hall–Kier alpha value is -3.02. The Morgan fingerprint density at radius 2 is 1.70 bits per heavy atom. The molecule has 3 aromatic rings. The van der Waals surface area contributed by atoms with Crippen LogP contribution in [0.25, 0.3) is 22.5 Å². The van der Waals surface area contributed by atoms with Crippen molar-refractivity contribution in [3.63, 3.8) is 0 Å². The van der Waals surface area contributed by atoms with Crippen LogP contribution in [0.15, 0.2) is 59.0 Å². The van der Waals surface area contributed by atoms with Crippen molar-refractivity contribution >= 4 is 5.88 Å². The summed E-state index contributed by atoms with van der Waals surface area (Å²) in [4.78, 5) is 0. The summed E-state index contributed by atoms with van der Waals surface area (Å²) >= 11 is 0. The zero-order chi connectivity index (χ0) is 16.4. The van der Waals surface area contributed by atoms with Crippen molar-refractivity contribution in [2.24, 2.45) is 0 Å². The first-order valence-electron chi connectivity index (χ1n) is 6.78. The van der Waals surface area contributed by atoms with E-state index in [1.165, 1.54) is 18.2 Å². The average molecular weight is 317 g/mol. The second-order valence-corrected chi connectivity index (χ2v) is 4.79. The molecule has 3 rings (SSSR count). The molecule has 6 heteroatoms. The number of furan rings is 1. The molecule has 1 heterocycles. The second kappa shape index (κ2) is 6.00. The molecule has 0 saturated carbocycles. The molecule has 0 aliphatic carbocycles. The van der Waals surface area contributed by atoms with Gasteiger partial charge in [-0.1, -0.05) is 42.5 Å². The number of anilines is 1. The van der Waals surface area contributed by atoms with E-state index in [-0.39, 0.29) is 28.7 Å². The summed E-state index contributed by atoms with van der Waals surface area (Å²) in [6.07, 6.45) is 0. The third-order valence-electron chi connectivity index (χ3n) is 3.29. The Morgan fingerprint density at radius 1 is 1.00 bits per heavy atom. The Labute approximate surface area is 130 Å². The lowest BCUT2D eigenvalue weighted by atomic mass is 10.0. The third kappa shape index (κ3) is 2.96. The van der Waals surface area contributed by atoms with Gasteiger partial charge in [-0.2, -0.15) is 8.78 Å². The van der Waals surface area contributed by atoms with Crippen LogP contribution in [-0.2, 0) is 0 Å². The van der Waals surface area contributed by atoms with Crippen LogP contribution in [0.2, 0.25) is 0 Å². The molecule has 3 N–H and O–H groups in total. The van der Waals surface area contributed by atoms with Crippen LogP contribution in [0.4, 0.5) is 14.7 Å². The van der Waals surface area contributed by atoms with E-state index in [0.717, 1.165) is 0 Å². The first-order valence-corrected chi connectivity index (χ1v) is 6.78. The number of nitrogen functional groups attached to an aromatic ring is 1. The van der Waals surface area contributed by atoms with Crippen LogP contribution in [-0.4, -0.2) is 11.7 Å². The minimum Gasteiger partial charge on any atom is -0.504 e. The van der Waals surface area contributed by atoms with Crippen LogP contribution in [0, 0.1) is 0 Å². The summed E-state index contributed by atoms with van der Waals surface area (Å²) in [5.74, 6) is 0.0375. The minimum absolute atomic E-state index is 0.00412. The van der Waals surface area contributed by atoms with Crippen LogP contribution in [0.3, 0.4) is 0 Å². The molecule has 0 aliphatic heterocycles. The smallest absolute Gasteiger partial charge is 0.387 e. The summed E-state index contributed by atoms with van der Waals surface area (Å²) in [7, 11) is 0. The Kier molecular flexibility index (Phi) is 3.89. The highest BCUT2D eigenvalue weighted by molar-refractivity contribution is 5.86. The van der Waals surface area contributed by atoms with E-state index < -0.39 is 6.61 Å². The molecule has 0 unspecified atom stereocenters. The van der Waals surface area contributed by atoms with Gasteiger partial charge >= 0.3 is 6.61 Å². The molecular formula is C17H13F2NO3. The van der Waals surface area contributed by atoms with Gasteiger partial charge in [0.2, 0.25) is 5.88 Å².